The molecular formula is C15H16ClN3O2. The summed E-state index contributed by atoms with van der Waals surface area (Å²) >= 11 is 5.84. The summed E-state index contributed by atoms with van der Waals surface area (Å²) in [4.78, 5) is 18.2. The minimum atomic E-state index is -0.386. The van der Waals surface area contributed by atoms with Crippen LogP contribution in [0.4, 0.5) is 5.82 Å². The SMILES string of the molecule is CN(C)c1ncccc1CNC(=O)c1cc(Cl)ccc1O. The fraction of sp³-hybridized carbons (Fsp3) is 0.200. The molecule has 2 N–H and O–H groups in total. The molecule has 0 saturated heterocycles. The third-order valence-electron chi connectivity index (χ3n) is 2.93. The zero-order chi connectivity index (χ0) is 15.4. The van der Waals surface area contributed by atoms with Gasteiger partial charge in [0.05, 0.1) is 5.56 Å². The van der Waals surface area contributed by atoms with Crippen LogP contribution in [0, 0.1) is 0 Å². The van der Waals surface area contributed by atoms with Crippen LogP contribution in [0.1, 0.15) is 15.9 Å². The molecule has 110 valence electrons. The minimum absolute atomic E-state index is 0.101. The van der Waals surface area contributed by atoms with E-state index in [1.54, 1.807) is 6.20 Å². The van der Waals surface area contributed by atoms with Crippen LogP contribution in [0.5, 0.6) is 5.75 Å². The van der Waals surface area contributed by atoms with Crippen LogP contribution < -0.4 is 10.2 Å². The maximum absolute atomic E-state index is 12.1. The van der Waals surface area contributed by atoms with Crippen molar-refractivity contribution in [1.82, 2.24) is 10.3 Å². The highest BCUT2D eigenvalue weighted by Crippen LogP contribution is 2.21. The average molecular weight is 306 g/mol. The molecule has 2 rings (SSSR count). The molecule has 0 saturated carbocycles. The number of rotatable bonds is 4. The van der Waals surface area contributed by atoms with E-state index in [1.807, 2.05) is 31.1 Å². The van der Waals surface area contributed by atoms with Gasteiger partial charge in [0.15, 0.2) is 0 Å². The molecule has 5 nitrogen and oxygen atoms in total. The molecule has 21 heavy (non-hydrogen) atoms. The number of anilines is 1. The number of carbonyl (C=O) groups is 1. The summed E-state index contributed by atoms with van der Waals surface area (Å²) in [5.41, 5.74) is 1.04. The standard InChI is InChI=1S/C15H16ClN3O2/c1-19(2)14-10(4-3-7-17-14)9-18-15(21)12-8-11(16)5-6-13(12)20/h3-8,20H,9H2,1-2H3,(H,18,21). The number of halogens is 1. The van der Waals surface area contributed by atoms with Gasteiger partial charge in [-0.25, -0.2) is 4.98 Å². The molecule has 1 aromatic carbocycles. The van der Waals surface area contributed by atoms with Gasteiger partial charge in [-0.2, -0.15) is 0 Å². The van der Waals surface area contributed by atoms with E-state index in [9.17, 15) is 9.90 Å². The molecule has 0 bridgehead atoms. The number of phenolic OH excluding ortho intramolecular Hbond substituents is 1. The number of phenols is 1. The Morgan fingerprint density at radius 3 is 2.86 bits per heavy atom. The Bertz CT molecular complexity index is 659. The lowest BCUT2D eigenvalue weighted by molar-refractivity contribution is 0.0948. The predicted molar refractivity (Wildman–Crippen MR) is 82.9 cm³/mol. The summed E-state index contributed by atoms with van der Waals surface area (Å²) < 4.78 is 0. The average Bonchev–Trinajstić information content (AvgIpc) is 2.47. The Balaban J connectivity index is 2.13. The molecule has 0 radical (unpaired) electrons. The molecule has 0 aliphatic heterocycles. The first-order valence-electron chi connectivity index (χ1n) is 6.37. The van der Waals surface area contributed by atoms with E-state index in [1.165, 1.54) is 18.2 Å². The highest BCUT2D eigenvalue weighted by molar-refractivity contribution is 6.31. The van der Waals surface area contributed by atoms with Gasteiger partial charge in [-0.15, -0.1) is 0 Å². The second kappa shape index (κ2) is 6.45. The van der Waals surface area contributed by atoms with Crippen LogP contribution in [-0.2, 0) is 6.54 Å². The fourth-order valence-electron chi connectivity index (χ4n) is 1.93. The summed E-state index contributed by atoms with van der Waals surface area (Å²) in [5.74, 6) is 0.299. The van der Waals surface area contributed by atoms with Gasteiger partial charge in [-0.1, -0.05) is 17.7 Å². The van der Waals surface area contributed by atoms with Crippen molar-refractivity contribution < 1.29 is 9.90 Å². The summed E-state index contributed by atoms with van der Waals surface area (Å²) in [7, 11) is 3.77. The van der Waals surface area contributed by atoms with E-state index in [4.69, 9.17) is 11.6 Å². The monoisotopic (exact) mass is 305 g/mol. The summed E-state index contributed by atoms with van der Waals surface area (Å²) in [6, 6.07) is 8.06. The first kappa shape index (κ1) is 15.1. The van der Waals surface area contributed by atoms with Gasteiger partial charge in [0.2, 0.25) is 0 Å². The Morgan fingerprint density at radius 1 is 1.38 bits per heavy atom. The minimum Gasteiger partial charge on any atom is -0.507 e. The van der Waals surface area contributed by atoms with Crippen molar-refractivity contribution in [1.29, 1.82) is 0 Å². The van der Waals surface area contributed by atoms with E-state index < -0.39 is 0 Å². The zero-order valence-corrected chi connectivity index (χ0v) is 12.6. The fourth-order valence-corrected chi connectivity index (χ4v) is 2.10. The maximum atomic E-state index is 12.1. The van der Waals surface area contributed by atoms with Crippen LogP contribution in [0.3, 0.4) is 0 Å². The van der Waals surface area contributed by atoms with Gasteiger partial charge < -0.3 is 15.3 Å². The van der Waals surface area contributed by atoms with Crippen molar-refractivity contribution in [2.45, 2.75) is 6.54 Å². The predicted octanol–water partition coefficient (Wildman–Crippen LogP) is 2.44. The van der Waals surface area contributed by atoms with Gasteiger partial charge in [0.25, 0.3) is 5.91 Å². The molecule has 2 aromatic rings. The van der Waals surface area contributed by atoms with Crippen molar-refractivity contribution >= 4 is 23.3 Å². The highest BCUT2D eigenvalue weighted by Gasteiger charge is 2.13. The van der Waals surface area contributed by atoms with Crippen molar-refractivity contribution in [2.24, 2.45) is 0 Å². The quantitative estimate of drug-likeness (QED) is 0.910. The molecule has 0 spiro atoms. The summed E-state index contributed by atoms with van der Waals surface area (Å²) in [6.45, 7) is 0.312. The molecule has 0 unspecified atom stereocenters. The number of benzene rings is 1. The number of hydrogen-bond acceptors (Lipinski definition) is 4. The molecule has 1 aromatic heterocycles. The van der Waals surface area contributed by atoms with Gasteiger partial charge in [-0.05, 0) is 24.3 Å². The Hall–Kier alpha value is -2.27. The van der Waals surface area contributed by atoms with Crippen molar-refractivity contribution in [2.75, 3.05) is 19.0 Å². The number of nitrogens with one attached hydrogen (secondary N) is 1. The largest absolute Gasteiger partial charge is 0.507 e. The number of nitrogens with zero attached hydrogens (tertiary/aromatic N) is 2. The maximum Gasteiger partial charge on any atom is 0.255 e. The van der Waals surface area contributed by atoms with Crippen LogP contribution in [0.25, 0.3) is 0 Å². The van der Waals surface area contributed by atoms with E-state index in [-0.39, 0.29) is 17.2 Å². The van der Waals surface area contributed by atoms with E-state index in [2.05, 4.69) is 10.3 Å². The van der Waals surface area contributed by atoms with Crippen LogP contribution in [0.15, 0.2) is 36.5 Å². The van der Waals surface area contributed by atoms with Gasteiger partial charge >= 0.3 is 0 Å². The third-order valence-corrected chi connectivity index (χ3v) is 3.17. The summed E-state index contributed by atoms with van der Waals surface area (Å²) in [5, 5.41) is 12.9. The van der Waals surface area contributed by atoms with Gasteiger partial charge in [0.1, 0.15) is 11.6 Å². The topological polar surface area (TPSA) is 65.5 Å². The highest BCUT2D eigenvalue weighted by atomic mass is 35.5. The van der Waals surface area contributed by atoms with Crippen LogP contribution in [-0.4, -0.2) is 30.1 Å². The smallest absolute Gasteiger partial charge is 0.255 e. The molecule has 1 amide bonds. The van der Waals surface area contributed by atoms with E-state index >= 15 is 0 Å². The molecule has 0 aliphatic carbocycles. The second-order valence-corrected chi connectivity index (χ2v) is 5.16. The molecule has 0 aliphatic rings. The van der Waals surface area contributed by atoms with Crippen molar-refractivity contribution in [3.05, 3.63) is 52.7 Å². The third kappa shape index (κ3) is 3.64. The molecule has 1 heterocycles. The Labute approximate surface area is 128 Å². The lowest BCUT2D eigenvalue weighted by Gasteiger charge is -2.16. The molecular weight excluding hydrogens is 290 g/mol. The first-order chi connectivity index (χ1) is 9.99. The Kier molecular flexibility index (Phi) is 4.65. The van der Waals surface area contributed by atoms with E-state index in [0.29, 0.717) is 11.6 Å². The number of amides is 1. The molecule has 0 fully saturated rings. The van der Waals surface area contributed by atoms with E-state index in [0.717, 1.165) is 11.4 Å². The Morgan fingerprint density at radius 2 is 2.14 bits per heavy atom. The lowest BCUT2D eigenvalue weighted by Crippen LogP contribution is -2.24. The van der Waals surface area contributed by atoms with Crippen LogP contribution >= 0.6 is 11.6 Å². The number of carbonyl (C=O) groups excluding carboxylic acids is 1. The normalized spacial score (nSPS) is 10.2. The number of aromatic hydroxyl groups is 1. The van der Waals surface area contributed by atoms with Crippen LogP contribution in [0.2, 0.25) is 5.02 Å². The number of aromatic nitrogens is 1. The number of hydrogen-bond donors (Lipinski definition) is 2. The zero-order valence-electron chi connectivity index (χ0n) is 11.8. The van der Waals surface area contributed by atoms with Gasteiger partial charge in [0, 0.05) is 37.4 Å². The second-order valence-electron chi connectivity index (χ2n) is 4.72. The molecule has 0 atom stereocenters. The first-order valence-corrected chi connectivity index (χ1v) is 6.74. The van der Waals surface area contributed by atoms with Gasteiger partial charge in [-0.3, -0.25) is 4.79 Å². The summed E-state index contributed by atoms with van der Waals surface area (Å²) in [6.07, 6.45) is 1.70. The molecule has 6 heteroatoms. The van der Waals surface area contributed by atoms with Crippen molar-refractivity contribution in [3.8, 4) is 5.75 Å². The number of pyridine rings is 1. The lowest BCUT2D eigenvalue weighted by atomic mass is 10.1. The van der Waals surface area contributed by atoms with Crippen molar-refractivity contribution in [3.63, 3.8) is 0 Å².